The van der Waals surface area contributed by atoms with Gasteiger partial charge in [0.15, 0.2) is 5.16 Å². The Morgan fingerprint density at radius 1 is 1.37 bits per heavy atom. The lowest BCUT2D eigenvalue weighted by atomic mass is 10.3. The van der Waals surface area contributed by atoms with Crippen molar-refractivity contribution in [2.24, 2.45) is 0 Å². The van der Waals surface area contributed by atoms with Crippen molar-refractivity contribution in [1.29, 1.82) is 0 Å². The Morgan fingerprint density at radius 2 is 2.11 bits per heavy atom. The van der Waals surface area contributed by atoms with E-state index in [0.29, 0.717) is 11.8 Å². The van der Waals surface area contributed by atoms with Gasteiger partial charge in [-0.1, -0.05) is 11.8 Å². The first-order valence-electron chi connectivity index (χ1n) is 6.72. The van der Waals surface area contributed by atoms with Crippen molar-refractivity contribution in [2.45, 2.75) is 24.0 Å². The van der Waals surface area contributed by atoms with Gasteiger partial charge in [-0.15, -0.1) is 10.2 Å². The number of hydrogen-bond acceptors (Lipinski definition) is 5. The van der Waals surface area contributed by atoms with E-state index < -0.39 is 0 Å². The minimum absolute atomic E-state index is 0.212. The molecule has 0 spiro atoms. The maximum absolute atomic E-state index is 12.1. The van der Waals surface area contributed by atoms with E-state index in [9.17, 15) is 4.79 Å². The predicted octanol–water partition coefficient (Wildman–Crippen LogP) is 0.479. The summed E-state index contributed by atoms with van der Waals surface area (Å²) >= 11 is 1.51. The lowest BCUT2D eigenvalue weighted by Gasteiger charge is -2.32. The quantitative estimate of drug-likeness (QED) is 0.751. The second kappa shape index (κ2) is 5.50. The summed E-state index contributed by atoms with van der Waals surface area (Å²) in [5.41, 5.74) is 0. The van der Waals surface area contributed by atoms with Crippen LogP contribution in [0.4, 0.5) is 0 Å². The van der Waals surface area contributed by atoms with Crippen LogP contribution in [0, 0.1) is 0 Å². The molecule has 104 valence electrons. The van der Waals surface area contributed by atoms with Gasteiger partial charge in [0, 0.05) is 32.2 Å². The van der Waals surface area contributed by atoms with E-state index in [4.69, 9.17) is 0 Å². The van der Waals surface area contributed by atoms with E-state index in [2.05, 4.69) is 26.7 Å². The maximum Gasteiger partial charge on any atom is 0.233 e. The van der Waals surface area contributed by atoms with Crippen molar-refractivity contribution in [3.8, 4) is 0 Å². The molecule has 1 saturated heterocycles. The predicted molar refractivity (Wildman–Crippen MR) is 73.1 cm³/mol. The first-order chi connectivity index (χ1) is 9.24. The van der Waals surface area contributed by atoms with Crippen LogP contribution < -0.4 is 0 Å². The van der Waals surface area contributed by atoms with Crippen LogP contribution in [-0.2, 0) is 4.79 Å². The first kappa shape index (κ1) is 12.9. The molecule has 3 rings (SSSR count). The van der Waals surface area contributed by atoms with E-state index in [1.165, 1.54) is 24.6 Å². The van der Waals surface area contributed by atoms with E-state index in [1.54, 1.807) is 6.33 Å². The molecule has 1 aliphatic carbocycles. The van der Waals surface area contributed by atoms with Gasteiger partial charge in [0.2, 0.25) is 5.91 Å². The third-order valence-electron chi connectivity index (χ3n) is 3.66. The molecule has 1 aromatic rings. The van der Waals surface area contributed by atoms with Gasteiger partial charge in [-0.2, -0.15) is 0 Å². The van der Waals surface area contributed by atoms with Crippen molar-refractivity contribution in [3.05, 3.63) is 6.33 Å². The van der Waals surface area contributed by atoms with Crippen molar-refractivity contribution in [1.82, 2.24) is 24.6 Å². The molecular formula is C12H19N5OS. The fourth-order valence-corrected chi connectivity index (χ4v) is 3.10. The molecular weight excluding hydrogens is 262 g/mol. The Balaban J connectivity index is 1.51. The van der Waals surface area contributed by atoms with Crippen LogP contribution in [0.5, 0.6) is 0 Å². The van der Waals surface area contributed by atoms with E-state index in [-0.39, 0.29) is 5.91 Å². The molecule has 19 heavy (non-hydrogen) atoms. The monoisotopic (exact) mass is 281 g/mol. The smallest absolute Gasteiger partial charge is 0.233 e. The lowest BCUT2D eigenvalue weighted by molar-refractivity contribution is -0.129. The lowest BCUT2D eigenvalue weighted by Crippen LogP contribution is -2.47. The highest BCUT2D eigenvalue weighted by molar-refractivity contribution is 7.99. The summed E-state index contributed by atoms with van der Waals surface area (Å²) in [6.45, 7) is 3.61. The number of thioether (sulfide) groups is 1. The summed E-state index contributed by atoms with van der Waals surface area (Å²) in [5.74, 6) is 0.679. The van der Waals surface area contributed by atoms with Gasteiger partial charge in [-0.05, 0) is 19.9 Å². The summed E-state index contributed by atoms with van der Waals surface area (Å²) in [5, 5.41) is 8.93. The normalized spacial score (nSPS) is 20.8. The molecule has 1 saturated carbocycles. The Morgan fingerprint density at radius 3 is 2.79 bits per heavy atom. The number of amides is 1. The molecule has 2 fully saturated rings. The summed E-state index contributed by atoms with van der Waals surface area (Å²) in [6, 6.07) is 0.566. The molecule has 0 N–H and O–H groups in total. The minimum atomic E-state index is 0.212. The van der Waals surface area contributed by atoms with Crippen LogP contribution in [-0.4, -0.2) is 69.5 Å². The number of piperazine rings is 1. The van der Waals surface area contributed by atoms with Crippen molar-refractivity contribution in [2.75, 3.05) is 39.0 Å². The molecule has 0 radical (unpaired) electrons. The van der Waals surface area contributed by atoms with Crippen molar-refractivity contribution in [3.63, 3.8) is 0 Å². The fourth-order valence-electron chi connectivity index (χ4n) is 2.21. The van der Waals surface area contributed by atoms with Crippen LogP contribution in [0.1, 0.15) is 18.9 Å². The van der Waals surface area contributed by atoms with E-state index in [0.717, 1.165) is 31.3 Å². The molecule has 0 aromatic carbocycles. The average Bonchev–Trinajstić information content (AvgIpc) is 3.16. The van der Waals surface area contributed by atoms with Gasteiger partial charge < -0.3 is 14.4 Å². The van der Waals surface area contributed by atoms with Crippen molar-refractivity contribution < 1.29 is 4.79 Å². The molecule has 7 heteroatoms. The number of nitrogens with zero attached hydrogens (tertiary/aromatic N) is 5. The number of likely N-dealkylation sites (N-methyl/N-ethyl adjacent to an activating group) is 1. The summed E-state index contributed by atoms with van der Waals surface area (Å²) in [4.78, 5) is 16.3. The molecule has 2 aliphatic rings. The van der Waals surface area contributed by atoms with Gasteiger partial charge in [-0.25, -0.2) is 0 Å². The van der Waals surface area contributed by atoms with Crippen LogP contribution in [0.25, 0.3) is 0 Å². The molecule has 0 atom stereocenters. The second-order valence-corrected chi connectivity index (χ2v) is 6.17. The topological polar surface area (TPSA) is 54.3 Å². The molecule has 2 heterocycles. The van der Waals surface area contributed by atoms with Gasteiger partial charge in [-0.3, -0.25) is 4.79 Å². The van der Waals surface area contributed by atoms with Crippen LogP contribution >= 0.6 is 11.8 Å². The standard InChI is InChI=1S/C12H19N5OS/c1-15-4-6-16(7-5-15)11(18)8-19-12-14-13-9-17(12)10-2-3-10/h9-10H,2-8H2,1H3. The van der Waals surface area contributed by atoms with Crippen LogP contribution in [0.3, 0.4) is 0 Å². The van der Waals surface area contributed by atoms with Crippen LogP contribution in [0.15, 0.2) is 11.5 Å². The number of hydrogen-bond donors (Lipinski definition) is 0. The Hall–Kier alpha value is -1.08. The molecule has 1 amide bonds. The average molecular weight is 281 g/mol. The highest BCUT2D eigenvalue weighted by Gasteiger charge is 2.27. The molecule has 0 bridgehead atoms. The molecule has 1 aromatic heterocycles. The maximum atomic E-state index is 12.1. The first-order valence-corrected chi connectivity index (χ1v) is 7.71. The van der Waals surface area contributed by atoms with E-state index in [1.807, 2.05) is 4.90 Å². The van der Waals surface area contributed by atoms with Gasteiger partial charge >= 0.3 is 0 Å². The third kappa shape index (κ3) is 3.09. The summed E-state index contributed by atoms with van der Waals surface area (Å²) in [7, 11) is 2.09. The molecule has 1 aliphatic heterocycles. The summed E-state index contributed by atoms with van der Waals surface area (Å²) in [6.07, 6.45) is 4.19. The zero-order valence-corrected chi connectivity index (χ0v) is 12.0. The Bertz CT molecular complexity index is 451. The zero-order chi connectivity index (χ0) is 13.2. The Labute approximate surface area is 117 Å². The highest BCUT2D eigenvalue weighted by atomic mass is 32.2. The molecule has 0 unspecified atom stereocenters. The van der Waals surface area contributed by atoms with E-state index >= 15 is 0 Å². The molecule has 6 nitrogen and oxygen atoms in total. The van der Waals surface area contributed by atoms with Crippen molar-refractivity contribution >= 4 is 17.7 Å². The largest absolute Gasteiger partial charge is 0.339 e. The number of aromatic nitrogens is 3. The summed E-state index contributed by atoms with van der Waals surface area (Å²) < 4.78 is 2.10. The third-order valence-corrected chi connectivity index (χ3v) is 4.60. The van der Waals surface area contributed by atoms with Crippen LogP contribution in [0.2, 0.25) is 0 Å². The second-order valence-electron chi connectivity index (χ2n) is 5.22. The number of carbonyl (C=O) groups is 1. The number of rotatable bonds is 4. The van der Waals surface area contributed by atoms with Gasteiger partial charge in [0.1, 0.15) is 6.33 Å². The number of carbonyl (C=O) groups excluding carboxylic acids is 1. The van der Waals surface area contributed by atoms with Gasteiger partial charge in [0.05, 0.1) is 5.75 Å². The minimum Gasteiger partial charge on any atom is -0.339 e. The Kier molecular flexibility index (Phi) is 3.74. The zero-order valence-electron chi connectivity index (χ0n) is 11.2. The SMILES string of the molecule is CN1CCN(C(=O)CSc2nncn2C2CC2)CC1. The van der Waals surface area contributed by atoms with Gasteiger partial charge in [0.25, 0.3) is 0 Å². The fraction of sp³-hybridized carbons (Fsp3) is 0.750. The highest BCUT2D eigenvalue weighted by Crippen LogP contribution is 2.37.